The molecular formula is C18H27FNOP. The van der Waals surface area contributed by atoms with Gasteiger partial charge in [-0.25, -0.2) is 0 Å². The summed E-state index contributed by atoms with van der Waals surface area (Å²) in [5.41, 5.74) is 2.44. The van der Waals surface area contributed by atoms with E-state index in [0.29, 0.717) is 0 Å². The molecule has 3 rings (SSSR count). The second kappa shape index (κ2) is 5.60. The van der Waals surface area contributed by atoms with Crippen LogP contribution in [-0.2, 0) is 4.79 Å². The number of benzene rings is 1. The maximum absolute atomic E-state index is 13.4. The maximum atomic E-state index is 13.4. The summed E-state index contributed by atoms with van der Waals surface area (Å²) in [5, 5.41) is 3.11. The van der Waals surface area contributed by atoms with Crippen LogP contribution in [0.15, 0.2) is 12.1 Å². The number of aryl methyl sites for hydroxylation is 2. The van der Waals surface area contributed by atoms with Crippen molar-refractivity contribution in [3.8, 4) is 0 Å². The molecule has 122 valence electrons. The Morgan fingerprint density at radius 1 is 1.14 bits per heavy atom. The summed E-state index contributed by atoms with van der Waals surface area (Å²) >= 11 is 0. The molecule has 0 spiro atoms. The summed E-state index contributed by atoms with van der Waals surface area (Å²) in [6.07, 6.45) is 8.63. The first-order valence-corrected chi connectivity index (χ1v) is 11.4. The van der Waals surface area contributed by atoms with E-state index >= 15 is 0 Å². The Kier molecular flexibility index (Phi) is 4.05. The van der Waals surface area contributed by atoms with Gasteiger partial charge < -0.3 is 0 Å². The fourth-order valence-electron chi connectivity index (χ4n) is 4.38. The summed E-state index contributed by atoms with van der Waals surface area (Å²) < 4.78 is 13.4. The van der Waals surface area contributed by atoms with Gasteiger partial charge in [0.05, 0.1) is 0 Å². The van der Waals surface area contributed by atoms with E-state index in [1.807, 2.05) is 13.8 Å². The molecule has 2 nitrogen and oxygen atoms in total. The van der Waals surface area contributed by atoms with Crippen molar-refractivity contribution in [1.82, 2.24) is 0 Å². The number of hydrogen-bond donors (Lipinski definition) is 1. The number of anilines is 1. The van der Waals surface area contributed by atoms with E-state index in [2.05, 4.69) is 12.0 Å². The van der Waals surface area contributed by atoms with Crippen molar-refractivity contribution in [2.75, 3.05) is 24.3 Å². The third-order valence-electron chi connectivity index (χ3n) is 6.03. The van der Waals surface area contributed by atoms with Crippen molar-refractivity contribution in [2.24, 2.45) is 0 Å². The van der Waals surface area contributed by atoms with Crippen molar-refractivity contribution in [1.29, 1.82) is 0 Å². The Morgan fingerprint density at radius 3 is 2.18 bits per heavy atom. The van der Waals surface area contributed by atoms with E-state index in [0.717, 1.165) is 29.7 Å². The second-order valence-corrected chi connectivity index (χ2v) is 12.7. The monoisotopic (exact) mass is 323 g/mol. The van der Waals surface area contributed by atoms with Crippen LogP contribution < -0.4 is 5.32 Å². The third-order valence-corrected chi connectivity index (χ3v) is 12.0. The molecule has 1 saturated heterocycles. The van der Waals surface area contributed by atoms with Crippen LogP contribution in [-0.4, -0.2) is 30.1 Å². The van der Waals surface area contributed by atoms with Gasteiger partial charge in [0.15, 0.2) is 0 Å². The van der Waals surface area contributed by atoms with Gasteiger partial charge in [0.2, 0.25) is 0 Å². The topological polar surface area (TPSA) is 29.1 Å². The molecule has 1 aromatic carbocycles. The molecule has 0 aromatic heterocycles. The van der Waals surface area contributed by atoms with E-state index in [1.165, 1.54) is 43.7 Å². The van der Waals surface area contributed by atoms with Gasteiger partial charge in [0.1, 0.15) is 0 Å². The Morgan fingerprint density at radius 2 is 1.68 bits per heavy atom. The molecule has 1 N–H and O–H groups in total. The fraction of sp³-hybridized carbons (Fsp3) is 0.611. The van der Waals surface area contributed by atoms with Crippen molar-refractivity contribution in [3.63, 3.8) is 0 Å². The first kappa shape index (κ1) is 15.9. The number of carbonyl (C=O) groups is 1. The van der Waals surface area contributed by atoms with E-state index < -0.39 is 7.26 Å². The van der Waals surface area contributed by atoms with Crippen LogP contribution in [0.3, 0.4) is 0 Å². The van der Waals surface area contributed by atoms with Gasteiger partial charge in [0, 0.05) is 0 Å². The zero-order valence-corrected chi connectivity index (χ0v) is 14.9. The van der Waals surface area contributed by atoms with Crippen LogP contribution in [0.4, 0.5) is 10.1 Å². The van der Waals surface area contributed by atoms with Gasteiger partial charge in [0.25, 0.3) is 0 Å². The van der Waals surface area contributed by atoms with E-state index in [1.54, 1.807) is 0 Å². The number of hydrogen-bond acceptors (Lipinski definition) is 1. The molecule has 4 heteroatoms. The molecule has 1 aliphatic heterocycles. The molecule has 0 atom stereocenters. The molecule has 0 bridgehead atoms. The molecule has 1 heterocycles. The fourth-order valence-corrected chi connectivity index (χ4v) is 9.59. The SMILES string of the molecule is Cc1cc(F)cc(C)c1NC(=O)C1([PH]2(C)CCCCC2)CC1. The number of carbonyl (C=O) groups excluding carboxylic acids is 1. The van der Waals surface area contributed by atoms with Crippen LogP contribution in [0.1, 0.15) is 43.2 Å². The molecule has 1 amide bonds. The molecular weight excluding hydrogens is 296 g/mol. The van der Waals surface area contributed by atoms with Gasteiger partial charge in [-0.05, 0) is 0 Å². The van der Waals surface area contributed by atoms with Crippen LogP contribution >= 0.6 is 7.26 Å². The Bertz CT molecular complexity index is 580. The van der Waals surface area contributed by atoms with Crippen LogP contribution in [0.25, 0.3) is 0 Å². The normalized spacial score (nSPS) is 23.6. The van der Waals surface area contributed by atoms with E-state index in [4.69, 9.17) is 0 Å². The summed E-state index contributed by atoms with van der Waals surface area (Å²) in [7, 11) is -1.50. The standard InChI is InChI=1S/C18H27FNOP/c1-13-11-15(19)12-14(2)16(13)20-17(21)18(7-8-18)22(3)9-5-4-6-10-22/h11-12,22H,4-10H2,1-3H3,(H,20,21). The molecule has 2 fully saturated rings. The third kappa shape index (κ3) is 2.58. The molecule has 1 aromatic rings. The van der Waals surface area contributed by atoms with Gasteiger partial charge in [-0.15, -0.1) is 0 Å². The number of amides is 1. The number of rotatable bonds is 3. The van der Waals surface area contributed by atoms with Crippen molar-refractivity contribution >= 4 is 18.9 Å². The van der Waals surface area contributed by atoms with Gasteiger partial charge in [-0.1, -0.05) is 0 Å². The Labute approximate surface area is 133 Å². The molecule has 0 radical (unpaired) electrons. The molecule has 1 saturated carbocycles. The molecule has 2 aliphatic rings. The summed E-state index contributed by atoms with van der Waals surface area (Å²) in [5.74, 6) is -0.0240. The number of halogens is 1. The minimum absolute atomic E-state index is 0.0549. The predicted molar refractivity (Wildman–Crippen MR) is 94.3 cm³/mol. The quantitative estimate of drug-likeness (QED) is 0.817. The zero-order chi connectivity index (χ0) is 16.0. The van der Waals surface area contributed by atoms with Crippen LogP contribution in [0, 0.1) is 19.7 Å². The Balaban J connectivity index is 1.83. The van der Waals surface area contributed by atoms with Crippen LogP contribution in [0.5, 0.6) is 0 Å². The van der Waals surface area contributed by atoms with Crippen molar-refractivity contribution in [3.05, 3.63) is 29.1 Å². The Hall–Kier alpha value is -0.950. The minimum atomic E-state index is -1.50. The summed E-state index contributed by atoms with van der Waals surface area (Å²) in [6, 6.07) is 3.00. The molecule has 22 heavy (non-hydrogen) atoms. The first-order chi connectivity index (χ1) is 10.4. The van der Waals surface area contributed by atoms with Gasteiger partial charge in [-0.2, -0.15) is 0 Å². The number of nitrogens with one attached hydrogen (secondary N) is 1. The molecule has 1 aliphatic carbocycles. The summed E-state index contributed by atoms with van der Waals surface area (Å²) in [6.45, 7) is 6.17. The van der Waals surface area contributed by atoms with Gasteiger partial charge >= 0.3 is 133 Å². The zero-order valence-electron chi connectivity index (χ0n) is 13.9. The van der Waals surface area contributed by atoms with Crippen molar-refractivity contribution < 1.29 is 9.18 Å². The summed E-state index contributed by atoms with van der Waals surface area (Å²) in [4.78, 5) is 13.0. The average Bonchev–Trinajstić information content (AvgIpc) is 3.25. The van der Waals surface area contributed by atoms with Crippen molar-refractivity contribution in [2.45, 2.75) is 51.1 Å². The average molecular weight is 323 g/mol. The van der Waals surface area contributed by atoms with Crippen LogP contribution in [0.2, 0.25) is 0 Å². The predicted octanol–water partition coefficient (Wildman–Crippen LogP) is 4.48. The van der Waals surface area contributed by atoms with E-state index in [-0.39, 0.29) is 16.9 Å². The van der Waals surface area contributed by atoms with Gasteiger partial charge in [-0.3, -0.25) is 0 Å². The second-order valence-electron chi connectivity index (χ2n) is 7.57. The first-order valence-electron chi connectivity index (χ1n) is 8.46. The molecule has 0 unspecified atom stereocenters. The van der Waals surface area contributed by atoms with E-state index in [9.17, 15) is 9.18 Å².